The number of carboxylic acids is 1. The predicted molar refractivity (Wildman–Crippen MR) is 65.7 cm³/mol. The summed E-state index contributed by atoms with van der Waals surface area (Å²) in [4.78, 5) is 15.1. The van der Waals surface area contributed by atoms with E-state index in [1.54, 1.807) is 18.3 Å². The van der Waals surface area contributed by atoms with Gasteiger partial charge in [-0.2, -0.15) is 0 Å². The van der Waals surface area contributed by atoms with Crippen molar-refractivity contribution in [1.82, 2.24) is 4.98 Å². The third kappa shape index (κ3) is 2.10. The molecule has 0 atom stereocenters. The van der Waals surface area contributed by atoms with Crippen molar-refractivity contribution in [3.63, 3.8) is 0 Å². The van der Waals surface area contributed by atoms with Gasteiger partial charge in [-0.15, -0.1) is 12.4 Å². The Balaban J connectivity index is 0.00000128. The van der Waals surface area contributed by atoms with Crippen LogP contribution >= 0.6 is 24.0 Å². The molecule has 1 aromatic heterocycles. The first-order valence-corrected chi connectivity index (χ1v) is 4.75. The quantitative estimate of drug-likeness (QED) is 0.853. The molecule has 2 aromatic rings. The molecule has 1 aromatic carbocycles. The number of aromatic carboxylic acids is 1. The molecular weight excluding hydrogens is 249 g/mol. The summed E-state index contributed by atoms with van der Waals surface area (Å²) in [6, 6.07) is 5.23. The number of nitrogens with zero attached hydrogens (tertiary/aromatic N) is 1. The molecule has 1 N–H and O–H groups in total. The van der Waals surface area contributed by atoms with Crippen LogP contribution in [0.2, 0.25) is 5.02 Å². The summed E-state index contributed by atoms with van der Waals surface area (Å²) >= 11 is 5.82. The summed E-state index contributed by atoms with van der Waals surface area (Å²) in [6.45, 7) is 1.90. The fraction of sp³-hybridized carbons (Fsp3) is 0.0909. The molecule has 0 amide bonds. The molecule has 0 bridgehead atoms. The Labute approximate surface area is 103 Å². The van der Waals surface area contributed by atoms with E-state index in [-0.39, 0.29) is 23.0 Å². The monoisotopic (exact) mass is 257 g/mol. The third-order valence-corrected chi connectivity index (χ3v) is 2.47. The van der Waals surface area contributed by atoms with Crippen molar-refractivity contribution in [2.45, 2.75) is 6.92 Å². The van der Waals surface area contributed by atoms with E-state index in [0.717, 1.165) is 10.9 Å². The van der Waals surface area contributed by atoms with Gasteiger partial charge in [0.2, 0.25) is 0 Å². The Kier molecular flexibility index (Phi) is 3.73. The summed E-state index contributed by atoms with van der Waals surface area (Å²) in [5.74, 6) is -1.05. The average molecular weight is 258 g/mol. The van der Waals surface area contributed by atoms with Gasteiger partial charge in [0.25, 0.3) is 0 Å². The lowest BCUT2D eigenvalue weighted by Crippen LogP contribution is -2.00. The Bertz CT molecular complexity index is 555. The van der Waals surface area contributed by atoms with Gasteiger partial charge in [0.1, 0.15) is 5.56 Å². The van der Waals surface area contributed by atoms with Gasteiger partial charge < -0.3 is 5.11 Å². The molecule has 0 spiro atoms. The zero-order chi connectivity index (χ0) is 11.0. The van der Waals surface area contributed by atoms with E-state index in [4.69, 9.17) is 16.7 Å². The van der Waals surface area contributed by atoms with Crippen LogP contribution in [0.25, 0.3) is 10.9 Å². The van der Waals surface area contributed by atoms with Crippen molar-refractivity contribution in [3.8, 4) is 0 Å². The first-order valence-electron chi connectivity index (χ1n) is 4.38. The Morgan fingerprint density at radius 3 is 2.75 bits per heavy atom. The zero-order valence-corrected chi connectivity index (χ0v) is 9.97. The van der Waals surface area contributed by atoms with Crippen molar-refractivity contribution in [2.75, 3.05) is 0 Å². The van der Waals surface area contributed by atoms with Gasteiger partial charge in [-0.25, -0.2) is 4.79 Å². The maximum atomic E-state index is 11.0. The van der Waals surface area contributed by atoms with Crippen LogP contribution in [0.4, 0.5) is 0 Å². The molecule has 0 saturated heterocycles. The lowest BCUT2D eigenvalue weighted by molar-refractivity contribution is 0.0699. The third-order valence-electron chi connectivity index (χ3n) is 2.15. The second-order valence-electron chi connectivity index (χ2n) is 3.31. The summed E-state index contributed by atoms with van der Waals surface area (Å²) < 4.78 is 0. The number of rotatable bonds is 1. The average Bonchev–Trinajstić information content (AvgIpc) is 2.17. The van der Waals surface area contributed by atoms with E-state index < -0.39 is 5.97 Å². The number of aromatic nitrogens is 1. The molecule has 0 fully saturated rings. The maximum Gasteiger partial charge on any atom is 0.339 e. The van der Waals surface area contributed by atoms with Gasteiger partial charge in [-0.1, -0.05) is 17.7 Å². The number of pyridine rings is 1. The van der Waals surface area contributed by atoms with Gasteiger partial charge in [-0.3, -0.25) is 4.98 Å². The van der Waals surface area contributed by atoms with Crippen molar-refractivity contribution >= 4 is 40.9 Å². The molecule has 2 rings (SSSR count). The molecule has 0 aliphatic heterocycles. The van der Waals surface area contributed by atoms with Crippen LogP contribution in [0.15, 0.2) is 24.4 Å². The fourth-order valence-electron chi connectivity index (χ4n) is 1.49. The number of halogens is 2. The van der Waals surface area contributed by atoms with E-state index in [1.165, 1.54) is 0 Å². The van der Waals surface area contributed by atoms with Crippen LogP contribution in [0, 0.1) is 6.92 Å². The van der Waals surface area contributed by atoms with Crippen LogP contribution < -0.4 is 0 Å². The van der Waals surface area contributed by atoms with Gasteiger partial charge in [0.15, 0.2) is 0 Å². The van der Waals surface area contributed by atoms with Crippen molar-refractivity contribution in [1.29, 1.82) is 0 Å². The molecule has 0 unspecified atom stereocenters. The lowest BCUT2D eigenvalue weighted by Gasteiger charge is -2.04. The van der Waals surface area contributed by atoms with E-state index in [2.05, 4.69) is 4.98 Å². The van der Waals surface area contributed by atoms with Crippen molar-refractivity contribution < 1.29 is 9.90 Å². The molecule has 0 aliphatic carbocycles. The minimum absolute atomic E-state index is 0. The lowest BCUT2D eigenvalue weighted by atomic mass is 10.1. The van der Waals surface area contributed by atoms with Crippen molar-refractivity contribution in [2.24, 2.45) is 0 Å². The maximum absolute atomic E-state index is 11.0. The standard InChI is InChI=1S/C11H8ClNO2.ClH/c1-6-4-7-2-3-8(12)9(11(14)15)10(7)13-5-6;/h2-5H,1H3,(H,14,15);1H. The number of aryl methyl sites for hydroxylation is 1. The SMILES string of the molecule is Cc1cnc2c(C(=O)O)c(Cl)ccc2c1.Cl. The topological polar surface area (TPSA) is 50.2 Å². The Morgan fingerprint density at radius 1 is 1.44 bits per heavy atom. The largest absolute Gasteiger partial charge is 0.478 e. The van der Waals surface area contributed by atoms with Gasteiger partial charge >= 0.3 is 5.97 Å². The second-order valence-corrected chi connectivity index (χ2v) is 3.72. The van der Waals surface area contributed by atoms with Crippen molar-refractivity contribution in [3.05, 3.63) is 40.5 Å². The van der Waals surface area contributed by atoms with Crippen LogP contribution in [0.3, 0.4) is 0 Å². The Morgan fingerprint density at radius 2 is 2.12 bits per heavy atom. The predicted octanol–water partition coefficient (Wildman–Crippen LogP) is 3.32. The molecule has 1 heterocycles. The van der Waals surface area contributed by atoms with Gasteiger partial charge in [0, 0.05) is 11.6 Å². The van der Waals surface area contributed by atoms with Crippen LogP contribution in [0.1, 0.15) is 15.9 Å². The van der Waals surface area contributed by atoms with E-state index in [0.29, 0.717) is 5.52 Å². The zero-order valence-electron chi connectivity index (χ0n) is 8.40. The molecule has 0 aliphatic rings. The second kappa shape index (κ2) is 4.68. The highest BCUT2D eigenvalue weighted by atomic mass is 35.5. The fourth-order valence-corrected chi connectivity index (χ4v) is 1.72. The normalized spacial score (nSPS) is 9.88. The van der Waals surface area contributed by atoms with Gasteiger partial charge in [-0.05, 0) is 24.6 Å². The van der Waals surface area contributed by atoms with E-state index >= 15 is 0 Å². The highest BCUT2D eigenvalue weighted by Crippen LogP contribution is 2.24. The summed E-state index contributed by atoms with van der Waals surface area (Å²) in [5, 5.41) is 10.0. The smallest absolute Gasteiger partial charge is 0.339 e. The molecule has 0 radical (unpaired) electrons. The van der Waals surface area contributed by atoms with Crippen LogP contribution in [0.5, 0.6) is 0 Å². The number of hydrogen-bond donors (Lipinski definition) is 1. The van der Waals surface area contributed by atoms with Crippen LogP contribution in [-0.4, -0.2) is 16.1 Å². The molecule has 0 saturated carbocycles. The molecule has 3 nitrogen and oxygen atoms in total. The highest BCUT2D eigenvalue weighted by molar-refractivity contribution is 6.35. The van der Waals surface area contributed by atoms with Gasteiger partial charge in [0.05, 0.1) is 10.5 Å². The van der Waals surface area contributed by atoms with E-state index in [9.17, 15) is 4.79 Å². The first kappa shape index (κ1) is 12.7. The first-order chi connectivity index (χ1) is 7.09. The summed E-state index contributed by atoms with van der Waals surface area (Å²) in [7, 11) is 0. The Hall–Kier alpha value is -1.32. The number of benzene rings is 1. The number of fused-ring (bicyclic) bond motifs is 1. The summed E-state index contributed by atoms with van der Waals surface area (Å²) in [5.41, 5.74) is 1.48. The number of hydrogen-bond acceptors (Lipinski definition) is 2. The van der Waals surface area contributed by atoms with Crippen LogP contribution in [-0.2, 0) is 0 Å². The number of carboxylic acid groups (broad SMARTS) is 1. The summed E-state index contributed by atoms with van der Waals surface area (Å²) in [6.07, 6.45) is 1.63. The minimum Gasteiger partial charge on any atom is -0.478 e. The molecule has 84 valence electrons. The molecule has 16 heavy (non-hydrogen) atoms. The minimum atomic E-state index is -1.05. The van der Waals surface area contributed by atoms with E-state index in [1.807, 2.05) is 13.0 Å². The molecule has 5 heteroatoms. The molecular formula is C11H9Cl2NO2. The highest BCUT2D eigenvalue weighted by Gasteiger charge is 2.14. The number of carbonyl (C=O) groups is 1.